The first-order chi connectivity index (χ1) is 9.84. The van der Waals surface area contributed by atoms with Gasteiger partial charge in [0.05, 0.1) is 6.54 Å². The van der Waals surface area contributed by atoms with Crippen LogP contribution < -0.4 is 5.32 Å². The molecule has 0 aliphatic carbocycles. The fourth-order valence-electron chi connectivity index (χ4n) is 1.76. The first-order valence-electron chi connectivity index (χ1n) is 5.98. The number of rotatable bonds is 4. The van der Waals surface area contributed by atoms with Gasteiger partial charge in [0.25, 0.3) is 0 Å². The maximum atomic E-state index is 13.5. The van der Waals surface area contributed by atoms with E-state index in [1.165, 1.54) is 11.0 Å². The lowest BCUT2D eigenvalue weighted by Gasteiger charge is -2.12. The summed E-state index contributed by atoms with van der Waals surface area (Å²) < 4.78 is 67.4. The number of benzene rings is 1. The minimum Gasteiger partial charge on any atom is -0.373 e. The number of anilines is 1. The zero-order valence-corrected chi connectivity index (χ0v) is 11.1. The van der Waals surface area contributed by atoms with E-state index in [2.05, 4.69) is 15.4 Å². The lowest BCUT2D eigenvalue weighted by atomic mass is 10.2. The van der Waals surface area contributed by atoms with E-state index < -0.39 is 34.8 Å². The molecule has 1 aromatic heterocycles. The molecule has 1 heterocycles. The largest absolute Gasteiger partial charge is 0.373 e. The highest BCUT2D eigenvalue weighted by Crippen LogP contribution is 2.27. The van der Waals surface area contributed by atoms with Crippen LogP contribution in [0.3, 0.4) is 0 Å². The van der Waals surface area contributed by atoms with Crippen LogP contribution in [0.5, 0.6) is 0 Å². The van der Waals surface area contributed by atoms with Crippen LogP contribution in [0.15, 0.2) is 6.33 Å². The van der Waals surface area contributed by atoms with Crippen molar-refractivity contribution in [3.8, 4) is 0 Å². The molecule has 0 radical (unpaired) electrons. The Balaban J connectivity index is 2.31. The first-order valence-corrected chi connectivity index (χ1v) is 5.98. The fourth-order valence-corrected chi connectivity index (χ4v) is 1.76. The van der Waals surface area contributed by atoms with Crippen LogP contribution in [0.1, 0.15) is 25.7 Å². The van der Waals surface area contributed by atoms with Crippen LogP contribution in [0.4, 0.5) is 27.6 Å². The maximum Gasteiger partial charge on any atom is 0.200 e. The lowest BCUT2D eigenvalue weighted by Crippen LogP contribution is -2.14. The zero-order chi connectivity index (χ0) is 15.7. The van der Waals surface area contributed by atoms with Gasteiger partial charge in [-0.15, -0.1) is 0 Å². The third-order valence-corrected chi connectivity index (χ3v) is 2.77. The van der Waals surface area contributed by atoms with Crippen molar-refractivity contribution in [3.63, 3.8) is 0 Å². The second-order valence-corrected chi connectivity index (χ2v) is 4.51. The van der Waals surface area contributed by atoms with Gasteiger partial charge in [-0.2, -0.15) is 5.10 Å². The molecule has 0 bridgehead atoms. The molecule has 21 heavy (non-hydrogen) atoms. The lowest BCUT2D eigenvalue weighted by molar-refractivity contribution is 0.381. The molecular weight excluding hydrogens is 295 g/mol. The van der Waals surface area contributed by atoms with Crippen molar-refractivity contribution in [2.75, 3.05) is 5.32 Å². The number of halogens is 5. The van der Waals surface area contributed by atoms with Gasteiger partial charge in [0.15, 0.2) is 23.3 Å². The monoisotopic (exact) mass is 306 g/mol. The summed E-state index contributed by atoms with van der Waals surface area (Å²) in [4.78, 5) is 3.86. The molecule has 114 valence electrons. The van der Waals surface area contributed by atoms with Gasteiger partial charge in [0, 0.05) is 6.04 Å². The molecule has 0 atom stereocenters. The molecule has 0 aliphatic heterocycles. The fraction of sp³-hybridized carbons (Fsp3) is 0.333. The Bertz CT molecular complexity index is 639. The molecule has 0 fully saturated rings. The molecule has 0 spiro atoms. The van der Waals surface area contributed by atoms with E-state index in [1.54, 1.807) is 13.8 Å². The third kappa shape index (κ3) is 2.67. The third-order valence-electron chi connectivity index (χ3n) is 2.77. The summed E-state index contributed by atoms with van der Waals surface area (Å²) in [6.07, 6.45) is 1.23. The number of aromatic nitrogens is 3. The Kier molecular flexibility index (Phi) is 4.10. The molecule has 1 aromatic carbocycles. The molecule has 2 aromatic rings. The molecule has 2 rings (SSSR count). The van der Waals surface area contributed by atoms with E-state index in [0.29, 0.717) is 5.82 Å². The molecular formula is C12H11F5N4. The van der Waals surface area contributed by atoms with Crippen molar-refractivity contribution >= 4 is 5.69 Å². The number of nitrogens with one attached hydrogen (secondary N) is 1. The van der Waals surface area contributed by atoms with E-state index in [0.717, 1.165) is 0 Å². The van der Waals surface area contributed by atoms with Crippen LogP contribution in [0.25, 0.3) is 0 Å². The molecule has 4 nitrogen and oxygen atoms in total. The predicted octanol–water partition coefficient (Wildman–Crippen LogP) is 3.17. The topological polar surface area (TPSA) is 42.7 Å². The van der Waals surface area contributed by atoms with Crippen LogP contribution in [0.2, 0.25) is 0 Å². The van der Waals surface area contributed by atoms with Crippen LogP contribution in [0, 0.1) is 29.1 Å². The Morgan fingerprint density at radius 3 is 2.05 bits per heavy atom. The second kappa shape index (κ2) is 5.66. The van der Waals surface area contributed by atoms with Gasteiger partial charge in [0.2, 0.25) is 5.82 Å². The van der Waals surface area contributed by atoms with Gasteiger partial charge in [0.1, 0.15) is 17.8 Å². The van der Waals surface area contributed by atoms with E-state index in [4.69, 9.17) is 0 Å². The van der Waals surface area contributed by atoms with Gasteiger partial charge >= 0.3 is 0 Å². The molecule has 0 saturated heterocycles. The van der Waals surface area contributed by atoms with Crippen molar-refractivity contribution in [2.45, 2.75) is 26.4 Å². The molecule has 0 aliphatic rings. The van der Waals surface area contributed by atoms with Crippen molar-refractivity contribution in [1.82, 2.24) is 14.8 Å². The maximum absolute atomic E-state index is 13.5. The summed E-state index contributed by atoms with van der Waals surface area (Å²) in [5.74, 6) is -9.72. The minimum absolute atomic E-state index is 0.0688. The molecule has 9 heteroatoms. The van der Waals surface area contributed by atoms with E-state index in [-0.39, 0.29) is 12.6 Å². The Hall–Kier alpha value is -2.19. The highest BCUT2D eigenvalue weighted by molar-refractivity contribution is 5.47. The highest BCUT2D eigenvalue weighted by Gasteiger charge is 2.25. The summed E-state index contributed by atoms with van der Waals surface area (Å²) in [5, 5.41) is 6.06. The minimum atomic E-state index is -2.19. The summed E-state index contributed by atoms with van der Waals surface area (Å²) in [7, 11) is 0. The summed E-state index contributed by atoms with van der Waals surface area (Å²) >= 11 is 0. The van der Waals surface area contributed by atoms with Crippen molar-refractivity contribution in [3.05, 3.63) is 41.2 Å². The van der Waals surface area contributed by atoms with Crippen LogP contribution in [-0.2, 0) is 6.54 Å². The van der Waals surface area contributed by atoms with Gasteiger partial charge in [-0.3, -0.25) is 0 Å². The predicted molar refractivity (Wildman–Crippen MR) is 64.0 cm³/mol. The van der Waals surface area contributed by atoms with Crippen LogP contribution in [-0.4, -0.2) is 14.8 Å². The first kappa shape index (κ1) is 15.2. The average Bonchev–Trinajstić information content (AvgIpc) is 2.91. The zero-order valence-electron chi connectivity index (χ0n) is 11.1. The standard InChI is InChI=1S/C12H11F5N4/c1-5(2)21-6(19-4-20-21)3-18-12-10(16)8(14)7(13)9(15)11(12)17/h4-5,18H,3H2,1-2H3. The number of nitrogens with zero attached hydrogens (tertiary/aromatic N) is 3. The number of hydrogen-bond donors (Lipinski definition) is 1. The number of hydrogen-bond acceptors (Lipinski definition) is 3. The second-order valence-electron chi connectivity index (χ2n) is 4.51. The van der Waals surface area contributed by atoms with Gasteiger partial charge in [-0.05, 0) is 13.8 Å². The van der Waals surface area contributed by atoms with Crippen LogP contribution >= 0.6 is 0 Å². The van der Waals surface area contributed by atoms with E-state index in [1.807, 2.05) is 0 Å². The molecule has 1 N–H and O–H groups in total. The summed E-state index contributed by atoms with van der Waals surface area (Å²) in [6, 6.07) is -0.0688. The van der Waals surface area contributed by atoms with E-state index >= 15 is 0 Å². The summed E-state index contributed by atoms with van der Waals surface area (Å²) in [6.45, 7) is 3.36. The Morgan fingerprint density at radius 1 is 1.00 bits per heavy atom. The van der Waals surface area contributed by atoms with Gasteiger partial charge in [-0.25, -0.2) is 31.6 Å². The quantitative estimate of drug-likeness (QED) is 0.536. The van der Waals surface area contributed by atoms with Gasteiger partial charge < -0.3 is 5.32 Å². The Morgan fingerprint density at radius 2 is 1.52 bits per heavy atom. The molecule has 0 saturated carbocycles. The average molecular weight is 306 g/mol. The van der Waals surface area contributed by atoms with Gasteiger partial charge in [-0.1, -0.05) is 0 Å². The highest BCUT2D eigenvalue weighted by atomic mass is 19.2. The normalized spacial score (nSPS) is 11.2. The SMILES string of the molecule is CC(C)n1ncnc1CNc1c(F)c(F)c(F)c(F)c1F. The Labute approximate surface area is 116 Å². The van der Waals surface area contributed by atoms with Crippen molar-refractivity contribution in [1.29, 1.82) is 0 Å². The van der Waals surface area contributed by atoms with Crippen molar-refractivity contribution < 1.29 is 22.0 Å². The van der Waals surface area contributed by atoms with E-state index in [9.17, 15) is 22.0 Å². The molecule has 0 amide bonds. The van der Waals surface area contributed by atoms with Crippen molar-refractivity contribution in [2.24, 2.45) is 0 Å². The smallest absolute Gasteiger partial charge is 0.200 e. The summed E-state index contributed by atoms with van der Waals surface area (Å²) in [5.41, 5.74) is -1.09. The molecule has 0 unspecified atom stereocenters.